The summed E-state index contributed by atoms with van der Waals surface area (Å²) in [5.74, 6) is 0.517. The quantitative estimate of drug-likeness (QED) is 0.495. The molecule has 1 nitrogen and oxygen atoms in total. The lowest BCUT2D eigenvalue weighted by molar-refractivity contribution is 0.562. The fourth-order valence-electron chi connectivity index (χ4n) is 0.306. The molecule has 1 radical (unpaired) electrons. The lowest BCUT2D eigenvalue weighted by Crippen LogP contribution is -2.29. The van der Waals surface area contributed by atoms with E-state index in [4.69, 9.17) is 0 Å². The first-order chi connectivity index (χ1) is 3.48. The van der Waals surface area contributed by atoms with Gasteiger partial charge in [0.15, 0.2) is 0 Å². The van der Waals surface area contributed by atoms with Crippen molar-refractivity contribution in [3.63, 3.8) is 0 Å². The molecular weight excluding hydrogens is 120 g/mol. The summed E-state index contributed by atoms with van der Waals surface area (Å²) < 4.78 is 10.8. The third-order valence-corrected chi connectivity index (χ3v) is 2.61. The molecule has 0 bridgehead atoms. The van der Waals surface area contributed by atoms with Gasteiger partial charge in [-0.3, -0.25) is 0 Å². The van der Waals surface area contributed by atoms with Crippen molar-refractivity contribution in [1.29, 1.82) is 0 Å². The number of hydrogen-bond acceptors (Lipinski definition) is 1. The maximum Gasteiger partial charge on any atom is 0.117 e. The minimum Gasteiger partial charge on any atom is -0.616 e. The van der Waals surface area contributed by atoms with E-state index in [0.717, 1.165) is 0 Å². The van der Waals surface area contributed by atoms with Gasteiger partial charge in [-0.15, -0.1) is 0 Å². The van der Waals surface area contributed by atoms with E-state index in [1.165, 1.54) is 0 Å². The minimum atomic E-state index is -0.755. The lowest BCUT2D eigenvalue weighted by Gasteiger charge is -2.22. The summed E-state index contributed by atoms with van der Waals surface area (Å²) in [5, 5.41) is 0. The molecule has 0 saturated heterocycles. The van der Waals surface area contributed by atoms with E-state index in [1.54, 1.807) is 0 Å². The molecule has 8 heavy (non-hydrogen) atoms. The van der Waals surface area contributed by atoms with Crippen LogP contribution in [0.5, 0.6) is 0 Å². The molecule has 0 aliphatic rings. The van der Waals surface area contributed by atoms with Crippen molar-refractivity contribution in [2.45, 2.75) is 25.5 Å². The zero-order valence-electron chi connectivity index (χ0n) is 5.73. The zero-order valence-corrected chi connectivity index (χ0v) is 6.55. The molecule has 0 aromatic rings. The standard InChI is InChI=1S/C6H13OS/c1-5-8(7)6(2,3)4/h1,5H2,2-4H3. The second-order valence-electron chi connectivity index (χ2n) is 2.66. The van der Waals surface area contributed by atoms with Gasteiger partial charge in [0.05, 0.1) is 0 Å². The second-order valence-corrected chi connectivity index (χ2v) is 4.99. The monoisotopic (exact) mass is 133 g/mol. The molecule has 0 aliphatic carbocycles. The summed E-state index contributed by atoms with van der Waals surface area (Å²) in [7, 11) is 0. The largest absolute Gasteiger partial charge is 0.616 e. The molecule has 0 aliphatic heterocycles. The minimum absolute atomic E-state index is 0.0816. The Labute approximate surface area is 54.7 Å². The highest BCUT2D eigenvalue weighted by Gasteiger charge is 2.22. The zero-order chi connectivity index (χ0) is 6.78. The highest BCUT2D eigenvalue weighted by atomic mass is 32.2. The van der Waals surface area contributed by atoms with Gasteiger partial charge in [0.1, 0.15) is 10.5 Å². The van der Waals surface area contributed by atoms with Crippen molar-refractivity contribution in [3.8, 4) is 0 Å². The third-order valence-electron chi connectivity index (χ3n) is 0.868. The van der Waals surface area contributed by atoms with Crippen LogP contribution in [0.15, 0.2) is 0 Å². The van der Waals surface area contributed by atoms with Gasteiger partial charge in [0.25, 0.3) is 0 Å². The first-order valence-electron chi connectivity index (χ1n) is 2.66. The van der Waals surface area contributed by atoms with Crippen LogP contribution in [0.25, 0.3) is 0 Å². The fourth-order valence-corrected chi connectivity index (χ4v) is 0.919. The second kappa shape index (κ2) is 2.74. The first kappa shape index (κ1) is 8.31. The maximum atomic E-state index is 10.9. The van der Waals surface area contributed by atoms with Crippen LogP contribution in [0, 0.1) is 6.92 Å². The molecule has 0 amide bonds. The van der Waals surface area contributed by atoms with Crippen LogP contribution in [0.2, 0.25) is 0 Å². The van der Waals surface area contributed by atoms with Crippen molar-refractivity contribution >= 4 is 11.2 Å². The van der Waals surface area contributed by atoms with Crippen molar-refractivity contribution in [2.75, 3.05) is 5.75 Å². The van der Waals surface area contributed by atoms with E-state index in [9.17, 15) is 4.55 Å². The van der Waals surface area contributed by atoms with Gasteiger partial charge in [-0.1, -0.05) is 0 Å². The highest BCUT2D eigenvalue weighted by molar-refractivity contribution is 7.92. The molecule has 0 aromatic carbocycles. The van der Waals surface area contributed by atoms with Gasteiger partial charge in [-0.2, -0.15) is 0 Å². The van der Waals surface area contributed by atoms with Crippen LogP contribution in [0.4, 0.5) is 0 Å². The van der Waals surface area contributed by atoms with E-state index in [-0.39, 0.29) is 4.75 Å². The number of rotatable bonds is 1. The van der Waals surface area contributed by atoms with Gasteiger partial charge >= 0.3 is 0 Å². The Morgan fingerprint density at radius 2 is 1.88 bits per heavy atom. The Morgan fingerprint density at radius 1 is 1.50 bits per heavy atom. The molecule has 0 N–H and O–H groups in total. The normalized spacial score (nSPS) is 16.1. The third kappa shape index (κ3) is 2.58. The van der Waals surface area contributed by atoms with Crippen molar-refractivity contribution in [2.24, 2.45) is 0 Å². The molecule has 2 heteroatoms. The Kier molecular flexibility index (Phi) is 2.84. The van der Waals surface area contributed by atoms with E-state index in [2.05, 4.69) is 6.92 Å². The Balaban J connectivity index is 3.62. The summed E-state index contributed by atoms with van der Waals surface area (Å²) in [6.45, 7) is 9.41. The van der Waals surface area contributed by atoms with Crippen LogP contribution >= 0.6 is 0 Å². The smallest absolute Gasteiger partial charge is 0.117 e. The predicted molar refractivity (Wildman–Crippen MR) is 38.1 cm³/mol. The van der Waals surface area contributed by atoms with Crippen molar-refractivity contribution in [1.82, 2.24) is 0 Å². The van der Waals surface area contributed by atoms with Crippen LogP contribution in [-0.2, 0) is 11.2 Å². The molecular formula is C6H13OS. The molecule has 0 aromatic heterocycles. The molecule has 0 spiro atoms. The summed E-state index contributed by atoms with van der Waals surface area (Å²) >= 11 is -0.755. The highest BCUT2D eigenvalue weighted by Crippen LogP contribution is 2.14. The first-order valence-corrected chi connectivity index (χ1v) is 3.98. The van der Waals surface area contributed by atoms with Gasteiger partial charge < -0.3 is 4.55 Å². The lowest BCUT2D eigenvalue weighted by atomic mass is 10.3. The Bertz CT molecular complexity index is 65.4. The fraction of sp³-hybridized carbons (Fsp3) is 0.833. The van der Waals surface area contributed by atoms with Crippen LogP contribution in [-0.4, -0.2) is 15.1 Å². The average Bonchev–Trinajstić information content (AvgIpc) is 1.62. The van der Waals surface area contributed by atoms with E-state index in [0.29, 0.717) is 5.75 Å². The molecule has 0 fully saturated rings. The van der Waals surface area contributed by atoms with Gasteiger partial charge in [-0.05, 0) is 38.9 Å². The predicted octanol–water partition coefficient (Wildman–Crippen LogP) is 1.37. The van der Waals surface area contributed by atoms with E-state index < -0.39 is 11.2 Å². The summed E-state index contributed by atoms with van der Waals surface area (Å²) in [5.41, 5.74) is 0. The summed E-state index contributed by atoms with van der Waals surface area (Å²) in [6.07, 6.45) is 0. The SMILES string of the molecule is [CH2]C[S+]([O-])C(C)(C)C. The topological polar surface area (TPSA) is 23.1 Å². The van der Waals surface area contributed by atoms with Crippen molar-refractivity contribution < 1.29 is 4.55 Å². The van der Waals surface area contributed by atoms with E-state index in [1.807, 2.05) is 20.8 Å². The Hall–Kier alpha value is 0.310. The summed E-state index contributed by atoms with van der Waals surface area (Å²) in [6, 6.07) is 0. The molecule has 0 heterocycles. The van der Waals surface area contributed by atoms with Crippen LogP contribution in [0.1, 0.15) is 20.8 Å². The molecule has 0 rings (SSSR count). The van der Waals surface area contributed by atoms with Crippen LogP contribution < -0.4 is 0 Å². The van der Waals surface area contributed by atoms with Gasteiger partial charge in [0.2, 0.25) is 0 Å². The number of hydrogen-bond donors (Lipinski definition) is 0. The Morgan fingerprint density at radius 3 is 1.88 bits per heavy atom. The van der Waals surface area contributed by atoms with Gasteiger partial charge in [0, 0.05) is 0 Å². The summed E-state index contributed by atoms with van der Waals surface area (Å²) in [4.78, 5) is 0. The molecule has 1 unspecified atom stereocenters. The molecule has 1 atom stereocenters. The van der Waals surface area contributed by atoms with Crippen LogP contribution in [0.3, 0.4) is 0 Å². The van der Waals surface area contributed by atoms with Gasteiger partial charge in [-0.25, -0.2) is 0 Å². The molecule has 49 valence electrons. The van der Waals surface area contributed by atoms with E-state index >= 15 is 0 Å². The van der Waals surface area contributed by atoms with Crippen molar-refractivity contribution in [3.05, 3.63) is 6.92 Å². The maximum absolute atomic E-state index is 10.9. The molecule has 0 saturated carbocycles. The average molecular weight is 133 g/mol.